The Balaban J connectivity index is 1.90. The van der Waals surface area contributed by atoms with Gasteiger partial charge in [-0.2, -0.15) is 0 Å². The fourth-order valence-corrected chi connectivity index (χ4v) is 3.03. The summed E-state index contributed by atoms with van der Waals surface area (Å²) in [5, 5.41) is 3.38. The Morgan fingerprint density at radius 3 is 2.56 bits per heavy atom. The number of benzene rings is 2. The standard InChI is InChI=1S/C19H20ClNO3S/c1-13(2)21-18(22)11-24-19(23)15-5-3-4-14(10-15)12-25-17-8-6-16(20)7-9-17/h3-10,13H,11-12H2,1-2H3,(H,21,22). The molecule has 0 unspecified atom stereocenters. The van der Waals surface area contributed by atoms with Crippen LogP contribution < -0.4 is 5.32 Å². The number of carbonyl (C=O) groups excluding carboxylic acids is 2. The Kier molecular flexibility index (Phi) is 7.34. The summed E-state index contributed by atoms with van der Waals surface area (Å²) < 4.78 is 5.05. The molecule has 0 aliphatic heterocycles. The lowest BCUT2D eigenvalue weighted by Crippen LogP contribution is -2.33. The van der Waals surface area contributed by atoms with E-state index in [2.05, 4.69) is 5.32 Å². The average molecular weight is 378 g/mol. The number of thioether (sulfide) groups is 1. The summed E-state index contributed by atoms with van der Waals surface area (Å²) in [6.45, 7) is 3.42. The van der Waals surface area contributed by atoms with E-state index in [1.165, 1.54) is 0 Å². The van der Waals surface area contributed by atoms with Gasteiger partial charge in [0.15, 0.2) is 6.61 Å². The first-order valence-corrected chi connectivity index (χ1v) is 9.24. The van der Waals surface area contributed by atoms with Crippen molar-refractivity contribution in [3.05, 3.63) is 64.7 Å². The highest BCUT2D eigenvalue weighted by molar-refractivity contribution is 7.98. The molecule has 4 nitrogen and oxygen atoms in total. The van der Waals surface area contributed by atoms with E-state index < -0.39 is 5.97 Å². The first-order chi connectivity index (χ1) is 11.9. The predicted molar refractivity (Wildman–Crippen MR) is 101 cm³/mol. The summed E-state index contributed by atoms with van der Waals surface area (Å²) in [5.74, 6) is -0.0913. The highest BCUT2D eigenvalue weighted by atomic mass is 35.5. The second-order valence-electron chi connectivity index (χ2n) is 5.74. The minimum absolute atomic E-state index is 0.0134. The first-order valence-electron chi connectivity index (χ1n) is 7.88. The first kappa shape index (κ1) is 19.3. The van der Waals surface area contributed by atoms with Crippen LogP contribution in [-0.4, -0.2) is 24.5 Å². The molecule has 0 spiro atoms. The van der Waals surface area contributed by atoms with Crippen molar-refractivity contribution in [1.82, 2.24) is 5.32 Å². The maximum atomic E-state index is 12.1. The van der Waals surface area contributed by atoms with Gasteiger partial charge in [-0.25, -0.2) is 4.79 Å². The molecule has 0 radical (unpaired) electrons. The number of nitrogens with one attached hydrogen (secondary N) is 1. The molecule has 2 aromatic carbocycles. The van der Waals surface area contributed by atoms with Crippen LogP contribution in [0.15, 0.2) is 53.4 Å². The molecule has 132 valence electrons. The molecule has 1 N–H and O–H groups in total. The van der Waals surface area contributed by atoms with Gasteiger partial charge in [-0.3, -0.25) is 4.79 Å². The van der Waals surface area contributed by atoms with Gasteiger partial charge < -0.3 is 10.1 Å². The summed E-state index contributed by atoms with van der Waals surface area (Å²) in [6, 6.07) is 14.8. The molecule has 0 aliphatic carbocycles. The summed E-state index contributed by atoms with van der Waals surface area (Å²) in [5.41, 5.74) is 1.44. The van der Waals surface area contributed by atoms with Gasteiger partial charge in [0.05, 0.1) is 5.56 Å². The van der Waals surface area contributed by atoms with Crippen LogP contribution in [0, 0.1) is 0 Å². The fraction of sp³-hybridized carbons (Fsp3) is 0.263. The molecule has 0 aromatic heterocycles. The van der Waals surface area contributed by atoms with Crippen molar-refractivity contribution in [2.45, 2.75) is 30.5 Å². The van der Waals surface area contributed by atoms with E-state index in [4.69, 9.17) is 16.3 Å². The second kappa shape index (κ2) is 9.49. The number of esters is 1. The van der Waals surface area contributed by atoms with E-state index in [0.29, 0.717) is 10.6 Å². The number of hydrogen-bond donors (Lipinski definition) is 1. The molecule has 0 bridgehead atoms. The van der Waals surface area contributed by atoms with Crippen LogP contribution in [0.2, 0.25) is 5.02 Å². The Labute approximate surface area is 156 Å². The Morgan fingerprint density at radius 1 is 1.16 bits per heavy atom. The maximum absolute atomic E-state index is 12.1. The predicted octanol–water partition coefficient (Wildman–Crippen LogP) is 4.31. The second-order valence-corrected chi connectivity index (χ2v) is 7.23. The van der Waals surface area contributed by atoms with Crippen LogP contribution in [0.5, 0.6) is 0 Å². The fourth-order valence-electron chi connectivity index (χ4n) is 2.06. The third-order valence-corrected chi connectivity index (χ3v) is 4.50. The van der Waals surface area contributed by atoms with Gasteiger partial charge in [0.1, 0.15) is 0 Å². The molecule has 0 fully saturated rings. The van der Waals surface area contributed by atoms with Crippen molar-refractivity contribution in [2.75, 3.05) is 6.61 Å². The molecule has 0 heterocycles. The van der Waals surface area contributed by atoms with Crippen molar-refractivity contribution in [1.29, 1.82) is 0 Å². The van der Waals surface area contributed by atoms with Crippen molar-refractivity contribution >= 4 is 35.2 Å². The lowest BCUT2D eigenvalue weighted by molar-refractivity contribution is -0.124. The zero-order valence-electron chi connectivity index (χ0n) is 14.1. The topological polar surface area (TPSA) is 55.4 Å². The summed E-state index contributed by atoms with van der Waals surface area (Å²) in [7, 11) is 0. The maximum Gasteiger partial charge on any atom is 0.338 e. The van der Waals surface area contributed by atoms with Gasteiger partial charge in [0.2, 0.25) is 0 Å². The van der Waals surface area contributed by atoms with E-state index in [1.54, 1.807) is 23.9 Å². The highest BCUT2D eigenvalue weighted by Gasteiger charge is 2.11. The van der Waals surface area contributed by atoms with Crippen LogP contribution >= 0.6 is 23.4 Å². The van der Waals surface area contributed by atoms with Gasteiger partial charge in [-0.05, 0) is 55.8 Å². The van der Waals surface area contributed by atoms with Crippen LogP contribution in [0.3, 0.4) is 0 Å². The zero-order valence-corrected chi connectivity index (χ0v) is 15.7. The molecule has 2 rings (SSSR count). The van der Waals surface area contributed by atoms with E-state index in [1.807, 2.05) is 50.2 Å². The molecule has 25 heavy (non-hydrogen) atoms. The zero-order chi connectivity index (χ0) is 18.2. The van der Waals surface area contributed by atoms with Gasteiger partial charge >= 0.3 is 5.97 Å². The van der Waals surface area contributed by atoms with E-state index in [-0.39, 0.29) is 18.6 Å². The molecule has 0 saturated carbocycles. The van der Waals surface area contributed by atoms with Crippen molar-refractivity contribution in [3.8, 4) is 0 Å². The molecule has 1 amide bonds. The van der Waals surface area contributed by atoms with Gasteiger partial charge in [-0.15, -0.1) is 11.8 Å². The van der Waals surface area contributed by atoms with Crippen LogP contribution in [-0.2, 0) is 15.3 Å². The smallest absolute Gasteiger partial charge is 0.338 e. The van der Waals surface area contributed by atoms with Gasteiger partial charge in [0, 0.05) is 21.7 Å². The quantitative estimate of drug-likeness (QED) is 0.577. The third kappa shape index (κ3) is 6.80. The van der Waals surface area contributed by atoms with Crippen molar-refractivity contribution < 1.29 is 14.3 Å². The minimum atomic E-state index is -0.503. The minimum Gasteiger partial charge on any atom is -0.452 e. The van der Waals surface area contributed by atoms with E-state index >= 15 is 0 Å². The lowest BCUT2D eigenvalue weighted by atomic mass is 10.1. The van der Waals surface area contributed by atoms with Crippen LogP contribution in [0.1, 0.15) is 29.8 Å². The summed E-state index contributed by atoms with van der Waals surface area (Å²) >= 11 is 7.53. The van der Waals surface area contributed by atoms with Crippen molar-refractivity contribution in [2.24, 2.45) is 0 Å². The summed E-state index contributed by atoms with van der Waals surface area (Å²) in [6.07, 6.45) is 0. The molecule has 6 heteroatoms. The lowest BCUT2D eigenvalue weighted by Gasteiger charge is -2.09. The number of halogens is 1. The third-order valence-electron chi connectivity index (χ3n) is 3.17. The summed E-state index contributed by atoms with van der Waals surface area (Å²) in [4.78, 5) is 24.7. The molecular weight excluding hydrogens is 358 g/mol. The number of ether oxygens (including phenoxy) is 1. The Morgan fingerprint density at radius 2 is 1.88 bits per heavy atom. The molecule has 2 aromatic rings. The molecule has 0 saturated heterocycles. The van der Waals surface area contributed by atoms with E-state index in [0.717, 1.165) is 16.2 Å². The normalized spacial score (nSPS) is 10.6. The van der Waals surface area contributed by atoms with Gasteiger partial charge in [-0.1, -0.05) is 23.7 Å². The van der Waals surface area contributed by atoms with E-state index in [9.17, 15) is 9.59 Å². The number of amides is 1. The number of carbonyl (C=O) groups is 2. The largest absolute Gasteiger partial charge is 0.452 e. The Bertz CT molecular complexity index is 732. The molecule has 0 atom stereocenters. The number of rotatable bonds is 7. The average Bonchev–Trinajstić information content (AvgIpc) is 2.59. The van der Waals surface area contributed by atoms with Crippen molar-refractivity contribution in [3.63, 3.8) is 0 Å². The monoisotopic (exact) mass is 377 g/mol. The Hall–Kier alpha value is -1.98. The SMILES string of the molecule is CC(C)NC(=O)COC(=O)c1cccc(CSc2ccc(Cl)cc2)c1. The van der Waals surface area contributed by atoms with Gasteiger partial charge in [0.25, 0.3) is 5.91 Å². The number of hydrogen-bond acceptors (Lipinski definition) is 4. The molecular formula is C19H20ClNO3S. The molecule has 0 aliphatic rings. The highest BCUT2D eigenvalue weighted by Crippen LogP contribution is 2.24. The van der Waals surface area contributed by atoms with Crippen LogP contribution in [0.4, 0.5) is 0 Å². The van der Waals surface area contributed by atoms with Crippen LogP contribution in [0.25, 0.3) is 0 Å².